The number of nitriles is 1. The molecule has 0 bridgehead atoms. The van der Waals surface area contributed by atoms with Crippen LogP contribution in [-0.4, -0.2) is 18.0 Å². The maximum absolute atomic E-state index is 15.1. The van der Waals surface area contributed by atoms with Crippen LogP contribution < -0.4 is 10.2 Å². The minimum absolute atomic E-state index is 0.147. The number of benzene rings is 2. The molecule has 1 heterocycles. The van der Waals surface area contributed by atoms with Gasteiger partial charge in [0.25, 0.3) is 5.91 Å². The molecule has 0 fully saturated rings. The molecule has 0 radical (unpaired) electrons. The first kappa shape index (κ1) is 23.3. The molecule has 1 amide bonds. The fourth-order valence-corrected chi connectivity index (χ4v) is 4.41. The predicted molar refractivity (Wildman–Crippen MR) is 130 cm³/mol. The smallest absolute Gasteiger partial charge is 0.266 e. The zero-order valence-corrected chi connectivity index (χ0v) is 19.6. The van der Waals surface area contributed by atoms with Crippen LogP contribution in [0.5, 0.6) is 0 Å². The minimum Gasteiger partial charge on any atom is -0.362 e. The zero-order valence-electron chi connectivity index (χ0n) is 19.6. The van der Waals surface area contributed by atoms with Crippen LogP contribution in [0.25, 0.3) is 11.6 Å². The predicted octanol–water partition coefficient (Wildman–Crippen LogP) is 6.40. The van der Waals surface area contributed by atoms with Crippen molar-refractivity contribution >= 4 is 28.9 Å². The second-order valence-electron chi connectivity index (χ2n) is 9.02. The van der Waals surface area contributed by atoms with Gasteiger partial charge in [-0.1, -0.05) is 19.1 Å². The number of amides is 1. The molecule has 1 aliphatic rings. The number of nitrogens with one attached hydrogen (secondary N) is 1. The highest BCUT2D eigenvalue weighted by atomic mass is 19.1. The lowest BCUT2D eigenvalue weighted by molar-refractivity contribution is -0.112. The van der Waals surface area contributed by atoms with Crippen molar-refractivity contribution in [2.24, 2.45) is 0 Å². The van der Waals surface area contributed by atoms with E-state index in [0.717, 1.165) is 40.9 Å². The molecule has 0 atom stereocenters. The van der Waals surface area contributed by atoms with Gasteiger partial charge in [0.2, 0.25) is 0 Å². The van der Waals surface area contributed by atoms with Gasteiger partial charge in [-0.2, -0.15) is 5.26 Å². The Morgan fingerprint density at radius 1 is 1.16 bits per heavy atom. The molecule has 0 saturated heterocycles. The van der Waals surface area contributed by atoms with E-state index < -0.39 is 11.7 Å². The molecule has 2 aromatic rings. The van der Waals surface area contributed by atoms with Gasteiger partial charge in [-0.25, -0.2) is 4.39 Å². The van der Waals surface area contributed by atoms with Gasteiger partial charge in [0.15, 0.2) is 0 Å². The summed E-state index contributed by atoms with van der Waals surface area (Å²) < 4.78 is 15.1. The normalized spacial score (nSPS) is 15.0. The summed E-state index contributed by atoms with van der Waals surface area (Å²) in [7, 11) is 0. The fourth-order valence-electron chi connectivity index (χ4n) is 4.41. The number of rotatable bonds is 5. The van der Waals surface area contributed by atoms with E-state index in [0.29, 0.717) is 5.69 Å². The van der Waals surface area contributed by atoms with Crippen LogP contribution in [-0.2, 0) is 4.79 Å². The quantitative estimate of drug-likeness (QED) is 0.440. The highest BCUT2D eigenvalue weighted by molar-refractivity contribution is 6.09. The molecule has 5 heteroatoms. The number of carbonyl (C=O) groups excluding carboxylic acids is 1. The number of anilines is 2. The molecule has 32 heavy (non-hydrogen) atoms. The molecule has 1 N–H and O–H groups in total. The minimum atomic E-state index is -0.560. The number of fused-ring (bicyclic) bond motifs is 1. The number of allylic oxidation sites excluding steroid dienone is 1. The van der Waals surface area contributed by atoms with Crippen molar-refractivity contribution in [3.63, 3.8) is 0 Å². The van der Waals surface area contributed by atoms with E-state index in [1.165, 1.54) is 12.1 Å². The number of hydrogen-bond acceptors (Lipinski definition) is 3. The van der Waals surface area contributed by atoms with Crippen molar-refractivity contribution in [1.82, 2.24) is 0 Å². The van der Waals surface area contributed by atoms with Crippen LogP contribution in [0.2, 0.25) is 0 Å². The van der Waals surface area contributed by atoms with Crippen LogP contribution in [0.1, 0.15) is 56.4 Å². The van der Waals surface area contributed by atoms with Crippen molar-refractivity contribution in [1.29, 1.82) is 5.26 Å². The molecule has 2 aromatic carbocycles. The van der Waals surface area contributed by atoms with Crippen molar-refractivity contribution < 1.29 is 9.18 Å². The third kappa shape index (κ3) is 4.75. The fraction of sp³-hybridized carbons (Fsp3) is 0.333. The number of nitrogens with zero attached hydrogens (tertiary/aromatic N) is 2. The first-order valence-electron chi connectivity index (χ1n) is 10.9. The Bertz CT molecular complexity index is 1150. The van der Waals surface area contributed by atoms with E-state index >= 15 is 4.39 Å². The Labute approximate surface area is 190 Å². The molecule has 4 nitrogen and oxygen atoms in total. The van der Waals surface area contributed by atoms with Crippen LogP contribution >= 0.6 is 0 Å². The standard InChI is InChI=1S/C27H30FN3O/c1-7-8-31-25-14-24(28)20(13-23(25)19(4)15-27(31,5)6)12-21(16-29)26(32)30-22-10-17(2)9-18(3)11-22/h9-15H,7-8H2,1-6H3,(H,30,32)/b21-12+. The van der Waals surface area contributed by atoms with Gasteiger partial charge in [-0.15, -0.1) is 0 Å². The number of aryl methyl sites for hydroxylation is 2. The van der Waals surface area contributed by atoms with Gasteiger partial charge in [-0.3, -0.25) is 4.79 Å². The third-order valence-corrected chi connectivity index (χ3v) is 5.69. The van der Waals surface area contributed by atoms with Crippen LogP contribution in [0, 0.1) is 31.0 Å². The van der Waals surface area contributed by atoms with E-state index in [1.807, 2.05) is 45.0 Å². The van der Waals surface area contributed by atoms with Gasteiger partial charge in [0, 0.05) is 29.0 Å². The summed E-state index contributed by atoms with van der Waals surface area (Å²) >= 11 is 0. The summed E-state index contributed by atoms with van der Waals surface area (Å²) in [5.41, 5.74) is 5.27. The summed E-state index contributed by atoms with van der Waals surface area (Å²) in [5.74, 6) is -1.02. The molecule has 0 aromatic heterocycles. The first-order chi connectivity index (χ1) is 15.1. The van der Waals surface area contributed by atoms with Crippen molar-refractivity contribution in [2.45, 2.75) is 53.5 Å². The summed E-state index contributed by atoms with van der Waals surface area (Å²) in [5, 5.41) is 12.3. The summed E-state index contributed by atoms with van der Waals surface area (Å²) in [6, 6.07) is 10.8. The Balaban J connectivity index is 1.99. The summed E-state index contributed by atoms with van der Waals surface area (Å²) in [6.07, 6.45) is 4.44. The molecule has 0 unspecified atom stereocenters. The molecular formula is C27H30FN3O. The van der Waals surface area contributed by atoms with Crippen LogP contribution in [0.15, 0.2) is 42.0 Å². The second-order valence-corrected chi connectivity index (χ2v) is 9.02. The Morgan fingerprint density at radius 2 is 1.81 bits per heavy atom. The SMILES string of the molecule is CCCN1c2cc(F)c(/C=C(\C#N)C(=O)Nc3cc(C)cc(C)c3)cc2C(C)=CC1(C)C. The lowest BCUT2D eigenvalue weighted by Crippen LogP contribution is -2.45. The van der Waals surface area contributed by atoms with Crippen LogP contribution in [0.4, 0.5) is 15.8 Å². The van der Waals surface area contributed by atoms with Gasteiger partial charge in [0.05, 0.1) is 5.54 Å². The third-order valence-electron chi connectivity index (χ3n) is 5.69. The average molecular weight is 432 g/mol. The molecule has 166 valence electrons. The lowest BCUT2D eigenvalue weighted by atomic mass is 9.87. The molecule has 3 rings (SSSR count). The molecule has 0 spiro atoms. The summed E-state index contributed by atoms with van der Waals surface area (Å²) in [4.78, 5) is 14.9. The van der Waals surface area contributed by atoms with Gasteiger partial charge in [-0.05, 0) is 88.1 Å². The maximum atomic E-state index is 15.1. The van der Waals surface area contributed by atoms with Crippen molar-refractivity contribution in [2.75, 3.05) is 16.8 Å². The van der Waals surface area contributed by atoms with E-state index in [-0.39, 0.29) is 16.7 Å². The van der Waals surface area contributed by atoms with Gasteiger partial charge < -0.3 is 10.2 Å². The van der Waals surface area contributed by atoms with Crippen molar-refractivity contribution in [3.05, 3.63) is 70.1 Å². The highest BCUT2D eigenvalue weighted by Gasteiger charge is 2.31. The van der Waals surface area contributed by atoms with E-state index in [2.05, 4.69) is 37.1 Å². The molecule has 0 aliphatic carbocycles. The lowest BCUT2D eigenvalue weighted by Gasteiger charge is -2.43. The van der Waals surface area contributed by atoms with Crippen LogP contribution in [0.3, 0.4) is 0 Å². The highest BCUT2D eigenvalue weighted by Crippen LogP contribution is 2.40. The monoisotopic (exact) mass is 431 g/mol. The summed E-state index contributed by atoms with van der Waals surface area (Å²) in [6.45, 7) is 13.0. The maximum Gasteiger partial charge on any atom is 0.266 e. The molecule has 1 aliphatic heterocycles. The Hall–Kier alpha value is -3.39. The second kappa shape index (κ2) is 9.00. The number of halogens is 1. The molecular weight excluding hydrogens is 401 g/mol. The number of hydrogen-bond donors (Lipinski definition) is 1. The Kier molecular flexibility index (Phi) is 6.55. The first-order valence-corrected chi connectivity index (χ1v) is 10.9. The van der Waals surface area contributed by atoms with Gasteiger partial charge in [0.1, 0.15) is 17.5 Å². The molecule has 0 saturated carbocycles. The largest absolute Gasteiger partial charge is 0.362 e. The van der Waals surface area contributed by atoms with E-state index in [1.54, 1.807) is 6.07 Å². The van der Waals surface area contributed by atoms with E-state index in [4.69, 9.17) is 0 Å². The van der Waals surface area contributed by atoms with E-state index in [9.17, 15) is 10.1 Å². The number of carbonyl (C=O) groups is 1. The Morgan fingerprint density at radius 3 is 2.41 bits per heavy atom. The average Bonchev–Trinajstić information content (AvgIpc) is 2.68. The topological polar surface area (TPSA) is 56.1 Å². The zero-order chi connectivity index (χ0) is 23.6. The van der Waals surface area contributed by atoms with Gasteiger partial charge >= 0.3 is 0 Å². The van der Waals surface area contributed by atoms with Crippen molar-refractivity contribution in [3.8, 4) is 6.07 Å².